The minimum atomic E-state index is 0.255. The molecular weight excluding hydrogens is 284 g/mol. The molecule has 2 aromatic carbocycles. The van der Waals surface area contributed by atoms with Crippen LogP contribution < -0.4 is 5.32 Å². The Hall–Kier alpha value is -2.26. The number of rotatable bonds is 3. The molecule has 0 spiro atoms. The second-order valence-electron chi connectivity index (χ2n) is 6.15. The summed E-state index contributed by atoms with van der Waals surface area (Å²) in [5.74, 6) is 0.255. The summed E-state index contributed by atoms with van der Waals surface area (Å²) in [5, 5.41) is 3.47. The highest BCUT2D eigenvalue weighted by molar-refractivity contribution is 5.41. The van der Waals surface area contributed by atoms with E-state index in [-0.39, 0.29) is 5.92 Å². The van der Waals surface area contributed by atoms with Crippen molar-refractivity contribution in [2.45, 2.75) is 12.0 Å². The Bertz CT molecular complexity index is 629. The molecule has 1 saturated heterocycles. The van der Waals surface area contributed by atoms with Crippen LogP contribution in [0.2, 0.25) is 0 Å². The fourth-order valence-electron chi connectivity index (χ4n) is 3.62. The topological polar surface area (TPSA) is 24.5 Å². The van der Waals surface area contributed by atoms with E-state index < -0.39 is 0 Å². The summed E-state index contributed by atoms with van der Waals surface area (Å²) in [4.78, 5) is 2.53. The minimum Gasteiger partial charge on any atom is -0.387 e. The first-order chi connectivity index (χ1) is 11.4. The van der Waals surface area contributed by atoms with Gasteiger partial charge in [-0.05, 0) is 11.1 Å². The van der Waals surface area contributed by atoms with E-state index in [0.717, 1.165) is 26.3 Å². The number of morpholine rings is 1. The van der Waals surface area contributed by atoms with Gasteiger partial charge in [0.15, 0.2) is 0 Å². The van der Waals surface area contributed by atoms with Crippen molar-refractivity contribution in [3.05, 3.63) is 83.7 Å². The SMILES string of the molecule is C1=C(C(c2ccccc2)c2ccccc2)N2CCOC[C@H]2CN1. The number of benzene rings is 2. The quantitative estimate of drug-likeness (QED) is 0.943. The Morgan fingerprint density at radius 3 is 2.26 bits per heavy atom. The van der Waals surface area contributed by atoms with Gasteiger partial charge in [0.25, 0.3) is 0 Å². The average molecular weight is 306 g/mol. The Labute approximate surface area is 137 Å². The van der Waals surface area contributed by atoms with Gasteiger partial charge in [-0.1, -0.05) is 60.7 Å². The molecule has 2 aromatic rings. The molecule has 118 valence electrons. The lowest BCUT2D eigenvalue weighted by Crippen LogP contribution is -2.53. The number of hydrogen-bond donors (Lipinski definition) is 1. The van der Waals surface area contributed by atoms with Crippen LogP contribution in [0.15, 0.2) is 72.6 Å². The summed E-state index contributed by atoms with van der Waals surface area (Å²) in [6.45, 7) is 3.54. The van der Waals surface area contributed by atoms with Gasteiger partial charge in [0.2, 0.25) is 0 Å². The molecule has 0 saturated carbocycles. The van der Waals surface area contributed by atoms with Crippen molar-refractivity contribution < 1.29 is 4.74 Å². The molecule has 0 amide bonds. The maximum absolute atomic E-state index is 5.67. The Kier molecular flexibility index (Phi) is 4.03. The molecule has 2 aliphatic rings. The van der Waals surface area contributed by atoms with Crippen molar-refractivity contribution >= 4 is 0 Å². The van der Waals surface area contributed by atoms with Gasteiger partial charge in [0, 0.05) is 25.0 Å². The molecule has 23 heavy (non-hydrogen) atoms. The second kappa shape index (κ2) is 6.47. The van der Waals surface area contributed by atoms with Crippen molar-refractivity contribution in [3.63, 3.8) is 0 Å². The van der Waals surface area contributed by atoms with Gasteiger partial charge in [0.1, 0.15) is 0 Å². The number of nitrogens with zero attached hydrogens (tertiary/aromatic N) is 1. The van der Waals surface area contributed by atoms with E-state index in [0.29, 0.717) is 6.04 Å². The summed E-state index contributed by atoms with van der Waals surface area (Å²) in [7, 11) is 0. The van der Waals surface area contributed by atoms with Crippen molar-refractivity contribution in [2.75, 3.05) is 26.3 Å². The average Bonchev–Trinajstić information content (AvgIpc) is 2.64. The molecule has 3 nitrogen and oxygen atoms in total. The van der Waals surface area contributed by atoms with E-state index in [2.05, 4.69) is 77.1 Å². The van der Waals surface area contributed by atoms with Crippen molar-refractivity contribution in [1.82, 2.24) is 10.2 Å². The first kappa shape index (κ1) is 14.3. The molecule has 0 unspecified atom stereocenters. The lowest BCUT2D eigenvalue weighted by Gasteiger charge is -2.44. The smallest absolute Gasteiger partial charge is 0.0694 e. The van der Waals surface area contributed by atoms with E-state index in [1.165, 1.54) is 16.8 Å². The molecule has 0 bridgehead atoms. The number of hydrogen-bond acceptors (Lipinski definition) is 3. The normalized spacial score (nSPS) is 20.7. The molecule has 2 aliphatic heterocycles. The summed E-state index contributed by atoms with van der Waals surface area (Å²) in [5.41, 5.74) is 4.01. The van der Waals surface area contributed by atoms with Crippen molar-refractivity contribution in [2.24, 2.45) is 0 Å². The van der Waals surface area contributed by atoms with Crippen LogP contribution >= 0.6 is 0 Å². The monoisotopic (exact) mass is 306 g/mol. The highest BCUT2D eigenvalue weighted by Crippen LogP contribution is 2.36. The van der Waals surface area contributed by atoms with Crippen LogP contribution in [-0.4, -0.2) is 37.2 Å². The third-order valence-electron chi connectivity index (χ3n) is 4.72. The predicted molar refractivity (Wildman–Crippen MR) is 92.1 cm³/mol. The zero-order chi connectivity index (χ0) is 15.5. The Morgan fingerprint density at radius 1 is 0.957 bits per heavy atom. The lowest BCUT2D eigenvalue weighted by atomic mass is 9.86. The van der Waals surface area contributed by atoms with Gasteiger partial charge < -0.3 is 15.0 Å². The molecule has 0 aliphatic carbocycles. The van der Waals surface area contributed by atoms with Crippen LogP contribution in [0, 0.1) is 0 Å². The van der Waals surface area contributed by atoms with Crippen LogP contribution in [0.1, 0.15) is 17.0 Å². The molecule has 3 heteroatoms. The highest BCUT2D eigenvalue weighted by atomic mass is 16.5. The van der Waals surface area contributed by atoms with Crippen LogP contribution in [0.3, 0.4) is 0 Å². The molecule has 0 aromatic heterocycles. The fraction of sp³-hybridized carbons (Fsp3) is 0.300. The Balaban J connectivity index is 1.77. The van der Waals surface area contributed by atoms with E-state index in [4.69, 9.17) is 4.74 Å². The molecule has 2 heterocycles. The maximum Gasteiger partial charge on any atom is 0.0694 e. The predicted octanol–water partition coefficient (Wildman–Crippen LogP) is 2.96. The molecule has 1 atom stereocenters. The van der Waals surface area contributed by atoms with Crippen LogP contribution in [0.5, 0.6) is 0 Å². The van der Waals surface area contributed by atoms with Crippen LogP contribution in [-0.2, 0) is 4.74 Å². The van der Waals surface area contributed by atoms with Gasteiger partial charge >= 0.3 is 0 Å². The summed E-state index contributed by atoms with van der Waals surface area (Å²) >= 11 is 0. The summed E-state index contributed by atoms with van der Waals surface area (Å²) < 4.78 is 5.67. The third-order valence-corrected chi connectivity index (χ3v) is 4.72. The molecule has 4 rings (SSSR count). The zero-order valence-electron chi connectivity index (χ0n) is 13.2. The number of fused-ring (bicyclic) bond motifs is 1. The van der Waals surface area contributed by atoms with Gasteiger partial charge in [-0.2, -0.15) is 0 Å². The molecular formula is C20H22N2O. The standard InChI is InChI=1S/C20H22N2O/c1-3-7-16(8-4-1)20(17-9-5-2-6-10-17)19-14-21-13-18-15-23-12-11-22(18)19/h1-10,14,18,20-21H,11-13,15H2/t18-/m1/s1. The van der Waals surface area contributed by atoms with E-state index in [9.17, 15) is 0 Å². The molecule has 1 fully saturated rings. The Morgan fingerprint density at radius 2 is 1.61 bits per heavy atom. The first-order valence-electron chi connectivity index (χ1n) is 8.31. The minimum absolute atomic E-state index is 0.255. The largest absolute Gasteiger partial charge is 0.387 e. The van der Waals surface area contributed by atoms with Crippen LogP contribution in [0.4, 0.5) is 0 Å². The summed E-state index contributed by atoms with van der Waals surface area (Å²) in [6, 6.07) is 22.0. The van der Waals surface area contributed by atoms with Gasteiger partial charge in [-0.25, -0.2) is 0 Å². The molecule has 0 radical (unpaired) electrons. The number of ether oxygens (including phenoxy) is 1. The lowest BCUT2D eigenvalue weighted by molar-refractivity contribution is 0.00446. The van der Waals surface area contributed by atoms with Crippen LogP contribution in [0.25, 0.3) is 0 Å². The maximum atomic E-state index is 5.67. The van der Waals surface area contributed by atoms with Gasteiger partial charge in [-0.15, -0.1) is 0 Å². The van der Waals surface area contributed by atoms with Gasteiger partial charge in [-0.3, -0.25) is 0 Å². The van der Waals surface area contributed by atoms with Crippen molar-refractivity contribution in [1.29, 1.82) is 0 Å². The first-order valence-corrected chi connectivity index (χ1v) is 8.31. The molecule has 1 N–H and O–H groups in total. The number of allylic oxidation sites excluding steroid dienone is 1. The zero-order valence-corrected chi connectivity index (χ0v) is 13.2. The second-order valence-corrected chi connectivity index (χ2v) is 6.15. The summed E-state index contributed by atoms with van der Waals surface area (Å²) in [6.07, 6.45) is 2.20. The van der Waals surface area contributed by atoms with E-state index >= 15 is 0 Å². The third kappa shape index (κ3) is 2.84. The van der Waals surface area contributed by atoms with E-state index in [1.54, 1.807) is 0 Å². The highest BCUT2D eigenvalue weighted by Gasteiger charge is 2.32. The number of nitrogens with one attached hydrogen (secondary N) is 1. The van der Waals surface area contributed by atoms with Gasteiger partial charge in [0.05, 0.1) is 25.2 Å². The van der Waals surface area contributed by atoms with E-state index in [1.807, 2.05) is 0 Å². The van der Waals surface area contributed by atoms with Crippen molar-refractivity contribution in [3.8, 4) is 0 Å². The fourth-order valence-corrected chi connectivity index (χ4v) is 3.62.